The SMILES string of the molecule is CC(=O)O[C@H]1C=C[C@@H](O)[C@@H]2[C@@H]1[C@@H](O)C=CC21Oc2cccc3cccc(c23)O1. The van der Waals surface area contributed by atoms with E-state index >= 15 is 0 Å². The average Bonchev–Trinajstić information content (AvgIpc) is 2.66. The molecule has 0 amide bonds. The lowest BCUT2D eigenvalue weighted by atomic mass is 9.68. The van der Waals surface area contributed by atoms with Crippen molar-refractivity contribution in [2.24, 2.45) is 11.8 Å². The minimum atomic E-state index is -1.32. The Hall–Kier alpha value is -2.83. The minimum absolute atomic E-state index is 0.457. The summed E-state index contributed by atoms with van der Waals surface area (Å²) in [6.07, 6.45) is 3.86. The molecule has 144 valence electrons. The van der Waals surface area contributed by atoms with Crippen molar-refractivity contribution in [3.63, 3.8) is 0 Å². The van der Waals surface area contributed by atoms with Gasteiger partial charge in [-0.05, 0) is 29.7 Å². The highest BCUT2D eigenvalue weighted by Gasteiger charge is 2.58. The second-order valence-corrected chi connectivity index (χ2v) is 7.44. The van der Waals surface area contributed by atoms with E-state index in [4.69, 9.17) is 14.2 Å². The molecular weight excluding hydrogens is 360 g/mol. The fourth-order valence-electron chi connectivity index (χ4n) is 4.61. The van der Waals surface area contributed by atoms with Crippen molar-refractivity contribution < 1.29 is 29.2 Å². The Labute approximate surface area is 161 Å². The van der Waals surface area contributed by atoms with Gasteiger partial charge in [-0.25, -0.2) is 0 Å². The normalized spacial score (nSPS) is 31.8. The fraction of sp³-hybridized carbons (Fsp3) is 0.318. The van der Waals surface area contributed by atoms with Crippen molar-refractivity contribution >= 4 is 16.7 Å². The van der Waals surface area contributed by atoms with Crippen LogP contribution in [0.1, 0.15) is 6.92 Å². The van der Waals surface area contributed by atoms with E-state index in [1.807, 2.05) is 36.4 Å². The Bertz CT molecular complexity index is 969. The summed E-state index contributed by atoms with van der Waals surface area (Å²) >= 11 is 0. The van der Waals surface area contributed by atoms with Gasteiger partial charge in [0.25, 0.3) is 5.79 Å². The number of benzene rings is 2. The zero-order chi connectivity index (χ0) is 19.5. The highest BCUT2D eigenvalue weighted by Crippen LogP contribution is 2.50. The highest BCUT2D eigenvalue weighted by atomic mass is 16.7. The number of fused-ring (bicyclic) bond motifs is 2. The van der Waals surface area contributed by atoms with Gasteiger partial charge in [0.05, 0.1) is 23.5 Å². The molecule has 28 heavy (non-hydrogen) atoms. The molecule has 0 fully saturated rings. The summed E-state index contributed by atoms with van der Waals surface area (Å²) in [4.78, 5) is 11.6. The molecule has 0 saturated heterocycles. The van der Waals surface area contributed by atoms with Crippen molar-refractivity contribution in [2.75, 3.05) is 0 Å². The topological polar surface area (TPSA) is 85.2 Å². The van der Waals surface area contributed by atoms with E-state index in [0.29, 0.717) is 11.5 Å². The van der Waals surface area contributed by atoms with Crippen LogP contribution in [-0.2, 0) is 9.53 Å². The Morgan fingerprint density at radius 1 is 1.00 bits per heavy atom. The van der Waals surface area contributed by atoms with Crippen LogP contribution in [0.2, 0.25) is 0 Å². The molecule has 0 radical (unpaired) electrons. The summed E-state index contributed by atoms with van der Waals surface area (Å²) in [5.41, 5.74) is 0. The molecule has 5 atom stereocenters. The third kappa shape index (κ3) is 2.45. The Morgan fingerprint density at radius 2 is 1.68 bits per heavy atom. The summed E-state index contributed by atoms with van der Waals surface area (Å²) < 4.78 is 18.0. The summed E-state index contributed by atoms with van der Waals surface area (Å²) in [5.74, 6) is -1.78. The molecule has 5 rings (SSSR count). The molecular formula is C22H20O6. The number of hydrogen-bond donors (Lipinski definition) is 2. The van der Waals surface area contributed by atoms with Crippen LogP contribution in [-0.4, -0.2) is 40.3 Å². The number of carbonyl (C=O) groups is 1. The first-order valence-electron chi connectivity index (χ1n) is 9.29. The zero-order valence-corrected chi connectivity index (χ0v) is 15.2. The molecule has 0 bridgehead atoms. The summed E-state index contributed by atoms with van der Waals surface area (Å²) in [5, 5.41) is 23.3. The van der Waals surface area contributed by atoms with Gasteiger partial charge < -0.3 is 24.4 Å². The van der Waals surface area contributed by atoms with Crippen LogP contribution in [0.5, 0.6) is 11.5 Å². The second kappa shape index (κ2) is 6.09. The third-order valence-corrected chi connectivity index (χ3v) is 5.71. The van der Waals surface area contributed by atoms with Crippen molar-refractivity contribution in [3.05, 3.63) is 60.7 Å². The number of aliphatic hydroxyl groups is 2. The fourth-order valence-corrected chi connectivity index (χ4v) is 4.61. The van der Waals surface area contributed by atoms with E-state index < -0.39 is 41.9 Å². The van der Waals surface area contributed by atoms with Gasteiger partial charge in [0, 0.05) is 12.8 Å². The standard InChI is InChI=1S/C22H20O6/c1-12(23)26-16-9-8-15(25)21-20(16)14(24)10-11-22(21)27-17-6-2-4-13-5-3-7-18(28-22)19(13)17/h2-11,14-16,20-21,24-25H,1H3/t14-,15+,16-,20+,21+/m0/s1. The zero-order valence-electron chi connectivity index (χ0n) is 15.2. The lowest BCUT2D eigenvalue weighted by Gasteiger charge is -2.51. The number of ether oxygens (including phenoxy) is 3. The number of rotatable bonds is 1. The van der Waals surface area contributed by atoms with Gasteiger partial charge in [0.2, 0.25) is 0 Å². The smallest absolute Gasteiger partial charge is 0.303 e. The third-order valence-electron chi connectivity index (χ3n) is 5.71. The molecule has 2 aromatic carbocycles. The molecule has 3 aliphatic rings. The second-order valence-electron chi connectivity index (χ2n) is 7.44. The van der Waals surface area contributed by atoms with Gasteiger partial charge in [-0.3, -0.25) is 4.79 Å². The van der Waals surface area contributed by atoms with Crippen LogP contribution in [0.4, 0.5) is 0 Å². The molecule has 6 heteroatoms. The van der Waals surface area contributed by atoms with Crippen molar-refractivity contribution in [2.45, 2.75) is 31.0 Å². The van der Waals surface area contributed by atoms with E-state index in [2.05, 4.69) is 0 Å². The number of carbonyl (C=O) groups excluding carboxylic acids is 1. The number of hydrogen-bond acceptors (Lipinski definition) is 6. The molecule has 1 spiro atoms. The summed E-state index contributed by atoms with van der Waals surface area (Å²) in [6.45, 7) is 1.32. The lowest BCUT2D eigenvalue weighted by Crippen LogP contribution is -2.63. The maximum atomic E-state index is 11.6. The van der Waals surface area contributed by atoms with Crippen molar-refractivity contribution in [1.82, 2.24) is 0 Å². The maximum Gasteiger partial charge on any atom is 0.303 e. The van der Waals surface area contributed by atoms with E-state index in [9.17, 15) is 15.0 Å². The monoisotopic (exact) mass is 380 g/mol. The van der Waals surface area contributed by atoms with Gasteiger partial charge >= 0.3 is 5.97 Å². The predicted molar refractivity (Wildman–Crippen MR) is 101 cm³/mol. The quantitative estimate of drug-likeness (QED) is 0.584. The van der Waals surface area contributed by atoms with E-state index in [0.717, 1.165) is 10.8 Å². The minimum Gasteiger partial charge on any atom is -0.458 e. The molecule has 0 aromatic heterocycles. The number of esters is 1. The summed E-state index contributed by atoms with van der Waals surface area (Å²) in [7, 11) is 0. The highest BCUT2D eigenvalue weighted by molar-refractivity contribution is 5.94. The first kappa shape index (κ1) is 17.3. The number of aliphatic hydroxyl groups excluding tert-OH is 2. The van der Waals surface area contributed by atoms with Crippen LogP contribution in [0.15, 0.2) is 60.7 Å². The Kier molecular flexibility index (Phi) is 3.76. The first-order chi connectivity index (χ1) is 13.5. The average molecular weight is 380 g/mol. The van der Waals surface area contributed by atoms with Crippen LogP contribution >= 0.6 is 0 Å². The molecule has 1 heterocycles. The van der Waals surface area contributed by atoms with Crippen molar-refractivity contribution in [3.8, 4) is 11.5 Å². The molecule has 6 nitrogen and oxygen atoms in total. The van der Waals surface area contributed by atoms with Gasteiger partial charge in [-0.15, -0.1) is 0 Å². The van der Waals surface area contributed by atoms with Crippen LogP contribution in [0.3, 0.4) is 0 Å². The molecule has 0 saturated carbocycles. The molecule has 2 aromatic rings. The van der Waals surface area contributed by atoms with Crippen molar-refractivity contribution in [1.29, 1.82) is 0 Å². The van der Waals surface area contributed by atoms with E-state index in [-0.39, 0.29) is 0 Å². The van der Waals surface area contributed by atoms with E-state index in [1.54, 1.807) is 24.3 Å². The molecule has 2 N–H and O–H groups in total. The van der Waals surface area contributed by atoms with Gasteiger partial charge in [0.1, 0.15) is 17.6 Å². The Morgan fingerprint density at radius 3 is 2.32 bits per heavy atom. The van der Waals surface area contributed by atoms with Crippen LogP contribution in [0, 0.1) is 11.8 Å². The molecule has 1 aliphatic heterocycles. The van der Waals surface area contributed by atoms with E-state index in [1.165, 1.54) is 6.92 Å². The van der Waals surface area contributed by atoms with Gasteiger partial charge in [-0.2, -0.15) is 0 Å². The molecule has 2 aliphatic carbocycles. The molecule has 0 unspecified atom stereocenters. The summed E-state index contributed by atoms with van der Waals surface area (Å²) in [6, 6.07) is 11.5. The van der Waals surface area contributed by atoms with Gasteiger partial charge in [-0.1, -0.05) is 36.4 Å². The first-order valence-corrected chi connectivity index (χ1v) is 9.29. The van der Waals surface area contributed by atoms with Crippen LogP contribution < -0.4 is 9.47 Å². The largest absolute Gasteiger partial charge is 0.458 e. The maximum absolute atomic E-state index is 11.6. The predicted octanol–water partition coefficient (Wildman–Crippen LogP) is 2.33. The lowest BCUT2D eigenvalue weighted by molar-refractivity contribution is -0.198. The van der Waals surface area contributed by atoms with Crippen LogP contribution in [0.25, 0.3) is 10.8 Å². The Balaban J connectivity index is 1.63. The van der Waals surface area contributed by atoms with Gasteiger partial charge in [0.15, 0.2) is 0 Å².